The molecular weight excluding hydrogens is 514 g/mol. The number of amides is 1. The molecule has 0 aliphatic carbocycles. The van der Waals surface area contributed by atoms with Crippen LogP contribution in [0.3, 0.4) is 0 Å². The van der Waals surface area contributed by atoms with Crippen molar-refractivity contribution in [2.24, 2.45) is 0 Å². The molecule has 9 nitrogen and oxygen atoms in total. The smallest absolute Gasteiger partial charge is 0.328 e. The molecule has 1 amide bonds. The lowest BCUT2D eigenvalue weighted by Gasteiger charge is -2.28. The summed E-state index contributed by atoms with van der Waals surface area (Å²) in [4.78, 5) is 25.9. The number of carbonyl (C=O) groups is 2. The Labute approximate surface area is 224 Å². The van der Waals surface area contributed by atoms with Crippen LogP contribution in [0.15, 0.2) is 66.7 Å². The molecule has 3 aromatic carbocycles. The molecule has 0 saturated heterocycles. The monoisotopic (exact) mass is 539 g/mol. The second-order valence-electron chi connectivity index (χ2n) is 8.25. The third-order valence-corrected chi connectivity index (χ3v) is 6.16. The topological polar surface area (TPSA) is 115 Å². The SMILES string of the molecule is COc1ccc(CN(C(=O)C=CC(=O)O)c2ccc(Cl)cc2C(O)c2cccc3c2OCCO3)c(OC)c1. The lowest BCUT2D eigenvalue weighted by atomic mass is 9.97. The number of carboxylic acids is 1. The average molecular weight is 540 g/mol. The minimum atomic E-state index is -1.27. The van der Waals surface area contributed by atoms with Crippen LogP contribution in [0.1, 0.15) is 22.8 Å². The molecule has 0 aromatic heterocycles. The van der Waals surface area contributed by atoms with E-state index in [0.717, 1.165) is 12.2 Å². The first-order valence-electron chi connectivity index (χ1n) is 11.6. The summed E-state index contributed by atoms with van der Waals surface area (Å²) in [7, 11) is 3.02. The van der Waals surface area contributed by atoms with Gasteiger partial charge in [0.25, 0.3) is 5.91 Å². The van der Waals surface area contributed by atoms with Gasteiger partial charge in [0.05, 0.1) is 26.5 Å². The molecule has 38 heavy (non-hydrogen) atoms. The van der Waals surface area contributed by atoms with Crippen molar-refractivity contribution >= 4 is 29.2 Å². The van der Waals surface area contributed by atoms with E-state index in [1.807, 2.05) is 0 Å². The molecule has 0 fully saturated rings. The van der Waals surface area contributed by atoms with E-state index in [0.29, 0.717) is 63.6 Å². The van der Waals surface area contributed by atoms with Gasteiger partial charge in [-0.15, -0.1) is 0 Å². The van der Waals surface area contributed by atoms with Crippen molar-refractivity contribution in [3.8, 4) is 23.0 Å². The molecule has 0 bridgehead atoms. The van der Waals surface area contributed by atoms with E-state index in [-0.39, 0.29) is 6.54 Å². The lowest BCUT2D eigenvalue weighted by Crippen LogP contribution is -2.30. The number of aliphatic carboxylic acids is 1. The van der Waals surface area contributed by atoms with Gasteiger partial charge in [0.2, 0.25) is 0 Å². The van der Waals surface area contributed by atoms with Crippen molar-refractivity contribution in [2.75, 3.05) is 32.3 Å². The van der Waals surface area contributed by atoms with Crippen molar-refractivity contribution in [1.82, 2.24) is 0 Å². The molecule has 1 atom stereocenters. The maximum Gasteiger partial charge on any atom is 0.328 e. The van der Waals surface area contributed by atoms with Gasteiger partial charge in [-0.05, 0) is 36.4 Å². The Balaban J connectivity index is 1.83. The first-order valence-corrected chi connectivity index (χ1v) is 12.0. The van der Waals surface area contributed by atoms with E-state index in [4.69, 9.17) is 35.7 Å². The van der Waals surface area contributed by atoms with Crippen molar-refractivity contribution < 1.29 is 38.7 Å². The summed E-state index contributed by atoms with van der Waals surface area (Å²) in [6.07, 6.45) is 0.451. The number of hydrogen-bond donors (Lipinski definition) is 2. The molecule has 10 heteroatoms. The summed E-state index contributed by atoms with van der Waals surface area (Å²) >= 11 is 6.32. The highest BCUT2D eigenvalue weighted by Gasteiger charge is 2.27. The molecule has 1 heterocycles. The largest absolute Gasteiger partial charge is 0.497 e. The molecule has 0 spiro atoms. The van der Waals surface area contributed by atoms with Crippen LogP contribution < -0.4 is 23.8 Å². The van der Waals surface area contributed by atoms with Crippen LogP contribution in [0.25, 0.3) is 0 Å². The van der Waals surface area contributed by atoms with Crippen LogP contribution >= 0.6 is 11.6 Å². The first kappa shape index (κ1) is 26.8. The number of fused-ring (bicyclic) bond motifs is 1. The zero-order chi connectivity index (χ0) is 27.2. The van der Waals surface area contributed by atoms with E-state index >= 15 is 0 Å². The quantitative estimate of drug-likeness (QED) is 0.385. The lowest BCUT2D eigenvalue weighted by molar-refractivity contribution is -0.131. The van der Waals surface area contributed by atoms with E-state index in [9.17, 15) is 14.7 Å². The minimum Gasteiger partial charge on any atom is -0.497 e. The number of methoxy groups -OCH3 is 2. The summed E-state index contributed by atoms with van der Waals surface area (Å²) in [5, 5.41) is 21.0. The predicted molar refractivity (Wildman–Crippen MR) is 140 cm³/mol. The summed E-state index contributed by atoms with van der Waals surface area (Å²) in [5.74, 6) is 0.0193. The average Bonchev–Trinajstić information content (AvgIpc) is 2.94. The molecule has 1 aliphatic rings. The molecule has 198 valence electrons. The number of hydrogen-bond acceptors (Lipinski definition) is 7. The van der Waals surface area contributed by atoms with Gasteiger partial charge in [-0.1, -0.05) is 23.7 Å². The van der Waals surface area contributed by atoms with Gasteiger partial charge >= 0.3 is 5.97 Å². The Kier molecular flexibility index (Phi) is 8.40. The van der Waals surface area contributed by atoms with Crippen LogP contribution in [0.5, 0.6) is 23.0 Å². The molecule has 4 rings (SSSR count). The summed E-state index contributed by atoms with van der Waals surface area (Å²) in [5.41, 5.74) is 1.68. The number of carbonyl (C=O) groups excluding carboxylic acids is 1. The highest BCUT2D eigenvalue weighted by atomic mass is 35.5. The number of ether oxygens (including phenoxy) is 4. The van der Waals surface area contributed by atoms with Crippen LogP contribution in [0, 0.1) is 0 Å². The fourth-order valence-electron chi connectivity index (χ4n) is 4.14. The molecule has 1 aliphatic heterocycles. The third-order valence-electron chi connectivity index (χ3n) is 5.92. The van der Waals surface area contributed by atoms with E-state index in [1.165, 1.54) is 19.1 Å². The van der Waals surface area contributed by atoms with Gasteiger partial charge in [0, 0.05) is 39.9 Å². The van der Waals surface area contributed by atoms with Gasteiger partial charge in [-0.2, -0.15) is 0 Å². The van der Waals surface area contributed by atoms with Crippen LogP contribution in [0.4, 0.5) is 5.69 Å². The molecule has 3 aromatic rings. The number of aliphatic hydroxyl groups excluding tert-OH is 1. The number of para-hydroxylation sites is 1. The highest BCUT2D eigenvalue weighted by Crippen LogP contribution is 2.42. The predicted octanol–water partition coefficient (Wildman–Crippen LogP) is 4.38. The van der Waals surface area contributed by atoms with Crippen molar-refractivity contribution in [3.63, 3.8) is 0 Å². The van der Waals surface area contributed by atoms with Crippen molar-refractivity contribution in [1.29, 1.82) is 0 Å². The summed E-state index contributed by atoms with van der Waals surface area (Å²) in [6.45, 7) is 0.696. The molecule has 2 N–H and O–H groups in total. The Morgan fingerprint density at radius 2 is 1.82 bits per heavy atom. The number of carboxylic acid groups (broad SMARTS) is 1. The van der Waals surface area contributed by atoms with Gasteiger partial charge in [-0.3, -0.25) is 4.79 Å². The van der Waals surface area contributed by atoms with Crippen LogP contribution in [0.2, 0.25) is 5.02 Å². The van der Waals surface area contributed by atoms with Gasteiger partial charge in [0.15, 0.2) is 11.5 Å². The summed E-state index contributed by atoms with van der Waals surface area (Å²) < 4.78 is 22.2. The molecule has 0 radical (unpaired) electrons. The highest BCUT2D eigenvalue weighted by molar-refractivity contribution is 6.30. The van der Waals surface area contributed by atoms with Crippen LogP contribution in [-0.2, 0) is 16.1 Å². The van der Waals surface area contributed by atoms with E-state index in [2.05, 4.69) is 0 Å². The number of anilines is 1. The maximum atomic E-state index is 13.4. The minimum absolute atomic E-state index is 0.0101. The van der Waals surface area contributed by atoms with Gasteiger partial charge in [-0.25, -0.2) is 4.79 Å². The third kappa shape index (κ3) is 5.85. The van der Waals surface area contributed by atoms with Crippen LogP contribution in [-0.4, -0.2) is 49.5 Å². The van der Waals surface area contributed by atoms with E-state index in [1.54, 1.807) is 54.6 Å². The maximum absolute atomic E-state index is 13.4. The molecule has 0 saturated carbocycles. The number of benzene rings is 3. The zero-order valence-corrected chi connectivity index (χ0v) is 21.5. The number of rotatable bonds is 9. The normalized spacial score (nSPS) is 13.2. The number of nitrogens with zero attached hydrogens (tertiary/aromatic N) is 1. The summed E-state index contributed by atoms with van der Waals surface area (Å²) in [6, 6.07) is 15.0. The van der Waals surface area contributed by atoms with Crippen molar-refractivity contribution in [3.05, 3.63) is 88.5 Å². The van der Waals surface area contributed by atoms with Gasteiger partial charge < -0.3 is 34.1 Å². The fraction of sp³-hybridized carbons (Fsp3) is 0.214. The Morgan fingerprint density at radius 1 is 1.03 bits per heavy atom. The second-order valence-corrected chi connectivity index (χ2v) is 8.69. The molecule has 1 unspecified atom stereocenters. The second kappa shape index (κ2) is 11.9. The number of halogens is 1. The number of aliphatic hydroxyl groups is 1. The Hall–Kier alpha value is -4.21. The van der Waals surface area contributed by atoms with Gasteiger partial charge in [0.1, 0.15) is 30.8 Å². The van der Waals surface area contributed by atoms with Crippen molar-refractivity contribution in [2.45, 2.75) is 12.6 Å². The zero-order valence-electron chi connectivity index (χ0n) is 20.7. The molecular formula is C28H26ClNO8. The Morgan fingerprint density at radius 3 is 2.55 bits per heavy atom. The first-order chi connectivity index (χ1) is 18.3. The standard InChI is InChI=1S/C28H26ClNO8/c1-35-19-8-6-17(24(15-19)36-2)16-30(25(31)10-11-26(32)33)22-9-7-18(29)14-21(22)27(34)20-4-3-5-23-28(20)38-13-12-37-23/h3-11,14-15,27,34H,12-13,16H2,1-2H3,(H,32,33). The Bertz CT molecular complexity index is 1370. The van der Waals surface area contributed by atoms with E-state index < -0.39 is 18.0 Å². The fourth-order valence-corrected chi connectivity index (χ4v) is 4.32.